The number of furan rings is 1. The van der Waals surface area contributed by atoms with Crippen LogP contribution in [0.3, 0.4) is 0 Å². The standard InChI is InChI=1S/C14H13ClN2O5/c1-8-2-5-13(22-8)12(18)7-16-14(19)10-6-9(15)3-4-11(10)17(20)21/h2-6,12,18H,7H2,1H3,(H,16,19). The molecule has 1 aromatic carbocycles. The zero-order chi connectivity index (χ0) is 16.3. The van der Waals surface area contributed by atoms with Crippen molar-refractivity contribution in [2.24, 2.45) is 0 Å². The van der Waals surface area contributed by atoms with Gasteiger partial charge >= 0.3 is 0 Å². The molecule has 2 rings (SSSR count). The lowest BCUT2D eigenvalue weighted by atomic mass is 10.1. The normalized spacial score (nSPS) is 12.0. The highest BCUT2D eigenvalue weighted by Gasteiger charge is 2.21. The molecular weight excluding hydrogens is 312 g/mol. The van der Waals surface area contributed by atoms with E-state index in [-0.39, 0.29) is 22.8 Å². The van der Waals surface area contributed by atoms with Crippen molar-refractivity contribution >= 4 is 23.2 Å². The van der Waals surface area contributed by atoms with Gasteiger partial charge in [0.1, 0.15) is 23.2 Å². The number of carbonyl (C=O) groups excluding carboxylic acids is 1. The summed E-state index contributed by atoms with van der Waals surface area (Å²) in [5, 5.41) is 23.4. The molecule has 0 aliphatic heterocycles. The van der Waals surface area contributed by atoms with Crippen LogP contribution in [0, 0.1) is 17.0 Å². The summed E-state index contributed by atoms with van der Waals surface area (Å²) in [6.45, 7) is 1.58. The van der Waals surface area contributed by atoms with Gasteiger partial charge in [-0.25, -0.2) is 0 Å². The van der Waals surface area contributed by atoms with E-state index in [0.29, 0.717) is 11.5 Å². The highest BCUT2D eigenvalue weighted by atomic mass is 35.5. The van der Waals surface area contributed by atoms with Crippen LogP contribution in [0.4, 0.5) is 5.69 Å². The molecule has 1 atom stereocenters. The average Bonchev–Trinajstić information content (AvgIpc) is 2.90. The molecule has 2 aromatic rings. The van der Waals surface area contributed by atoms with E-state index in [1.54, 1.807) is 19.1 Å². The Morgan fingerprint density at radius 3 is 2.77 bits per heavy atom. The number of amides is 1. The van der Waals surface area contributed by atoms with E-state index in [4.69, 9.17) is 16.0 Å². The molecule has 116 valence electrons. The number of nitro groups is 1. The van der Waals surface area contributed by atoms with Gasteiger partial charge in [0.05, 0.1) is 11.5 Å². The third kappa shape index (κ3) is 3.63. The van der Waals surface area contributed by atoms with Crippen molar-refractivity contribution in [3.8, 4) is 0 Å². The molecule has 8 heteroatoms. The molecule has 0 aliphatic rings. The number of carbonyl (C=O) groups is 1. The highest BCUT2D eigenvalue weighted by Crippen LogP contribution is 2.23. The Morgan fingerprint density at radius 1 is 1.45 bits per heavy atom. The number of nitrogens with zero attached hydrogens (tertiary/aromatic N) is 1. The molecular formula is C14H13ClN2O5. The van der Waals surface area contributed by atoms with E-state index >= 15 is 0 Å². The maximum absolute atomic E-state index is 12.0. The summed E-state index contributed by atoms with van der Waals surface area (Å²) in [6.07, 6.45) is -1.05. The molecule has 7 nitrogen and oxygen atoms in total. The maximum atomic E-state index is 12.0. The zero-order valence-corrected chi connectivity index (χ0v) is 12.3. The van der Waals surface area contributed by atoms with Crippen LogP contribution in [0.15, 0.2) is 34.7 Å². The third-order valence-corrected chi connectivity index (χ3v) is 3.18. The van der Waals surface area contributed by atoms with Gasteiger partial charge in [0.15, 0.2) is 0 Å². The number of aliphatic hydroxyl groups is 1. The Kier molecular flexibility index (Phi) is 4.79. The van der Waals surface area contributed by atoms with Crippen LogP contribution in [0.1, 0.15) is 28.0 Å². The highest BCUT2D eigenvalue weighted by molar-refractivity contribution is 6.31. The van der Waals surface area contributed by atoms with Crippen LogP contribution in [-0.2, 0) is 0 Å². The van der Waals surface area contributed by atoms with E-state index in [2.05, 4.69) is 5.32 Å². The van der Waals surface area contributed by atoms with Gasteiger partial charge in [0, 0.05) is 11.1 Å². The first-order chi connectivity index (χ1) is 10.4. The van der Waals surface area contributed by atoms with Crippen LogP contribution in [0.2, 0.25) is 5.02 Å². The van der Waals surface area contributed by atoms with Gasteiger partial charge in [-0.3, -0.25) is 14.9 Å². The first-order valence-corrected chi connectivity index (χ1v) is 6.73. The first kappa shape index (κ1) is 16.0. The smallest absolute Gasteiger partial charge is 0.282 e. The van der Waals surface area contributed by atoms with Gasteiger partial charge in [0.25, 0.3) is 11.6 Å². The third-order valence-electron chi connectivity index (χ3n) is 2.95. The van der Waals surface area contributed by atoms with Gasteiger partial charge in [-0.2, -0.15) is 0 Å². The Hall–Kier alpha value is -2.38. The fourth-order valence-corrected chi connectivity index (χ4v) is 2.04. The molecule has 1 heterocycles. The largest absolute Gasteiger partial charge is 0.464 e. The van der Waals surface area contributed by atoms with Crippen molar-refractivity contribution in [3.63, 3.8) is 0 Å². The van der Waals surface area contributed by atoms with Gasteiger partial charge in [-0.1, -0.05) is 11.6 Å². The summed E-state index contributed by atoms with van der Waals surface area (Å²) in [4.78, 5) is 22.3. The number of halogens is 1. The Bertz CT molecular complexity index is 713. The van der Waals surface area contributed by atoms with Gasteiger partial charge < -0.3 is 14.8 Å². The average molecular weight is 325 g/mol. The molecule has 2 N–H and O–H groups in total. The number of nitrogens with one attached hydrogen (secondary N) is 1. The fraction of sp³-hybridized carbons (Fsp3) is 0.214. The number of aryl methyl sites for hydroxylation is 1. The molecule has 1 aromatic heterocycles. The second-order valence-corrected chi connectivity index (χ2v) is 5.03. The van der Waals surface area contributed by atoms with Gasteiger partial charge in [0.2, 0.25) is 0 Å². The number of aliphatic hydroxyl groups excluding tert-OH is 1. The van der Waals surface area contributed by atoms with Crippen LogP contribution in [-0.4, -0.2) is 22.5 Å². The molecule has 0 saturated carbocycles. The van der Waals surface area contributed by atoms with E-state index in [9.17, 15) is 20.0 Å². The number of hydrogen-bond donors (Lipinski definition) is 2. The second-order valence-electron chi connectivity index (χ2n) is 4.59. The summed E-state index contributed by atoms with van der Waals surface area (Å²) in [7, 11) is 0. The van der Waals surface area contributed by atoms with E-state index in [1.165, 1.54) is 12.1 Å². The molecule has 1 amide bonds. The molecule has 0 bridgehead atoms. The van der Waals surface area contributed by atoms with E-state index < -0.39 is 16.9 Å². The molecule has 0 fully saturated rings. The van der Waals surface area contributed by atoms with Crippen molar-refractivity contribution in [2.45, 2.75) is 13.0 Å². The van der Waals surface area contributed by atoms with E-state index in [0.717, 1.165) is 6.07 Å². The lowest BCUT2D eigenvalue weighted by Crippen LogP contribution is -2.28. The monoisotopic (exact) mass is 324 g/mol. The van der Waals surface area contributed by atoms with Gasteiger partial charge in [-0.05, 0) is 31.2 Å². The Morgan fingerprint density at radius 2 is 2.18 bits per heavy atom. The van der Waals surface area contributed by atoms with Crippen molar-refractivity contribution in [2.75, 3.05) is 6.54 Å². The molecule has 0 spiro atoms. The topological polar surface area (TPSA) is 106 Å². The van der Waals surface area contributed by atoms with Crippen molar-refractivity contribution < 1.29 is 19.2 Å². The quantitative estimate of drug-likeness (QED) is 0.649. The molecule has 1 unspecified atom stereocenters. The summed E-state index contributed by atoms with van der Waals surface area (Å²) in [5.74, 6) is 0.237. The van der Waals surface area contributed by atoms with Crippen molar-refractivity contribution in [3.05, 3.63) is 62.6 Å². The number of rotatable bonds is 5. The number of nitro benzene ring substituents is 1. The molecule has 22 heavy (non-hydrogen) atoms. The SMILES string of the molecule is Cc1ccc(C(O)CNC(=O)c2cc(Cl)ccc2[N+](=O)[O-])o1. The maximum Gasteiger partial charge on any atom is 0.282 e. The second kappa shape index (κ2) is 6.59. The van der Waals surface area contributed by atoms with E-state index in [1.807, 2.05) is 0 Å². The predicted molar refractivity (Wildman–Crippen MR) is 78.8 cm³/mol. The lowest BCUT2D eigenvalue weighted by Gasteiger charge is -2.10. The zero-order valence-electron chi connectivity index (χ0n) is 11.6. The van der Waals surface area contributed by atoms with Crippen LogP contribution >= 0.6 is 11.6 Å². The lowest BCUT2D eigenvalue weighted by molar-refractivity contribution is -0.385. The Labute approximate surface area is 130 Å². The summed E-state index contributed by atoms with van der Waals surface area (Å²) in [6, 6.07) is 6.97. The molecule has 0 saturated heterocycles. The van der Waals surface area contributed by atoms with Crippen LogP contribution < -0.4 is 5.32 Å². The van der Waals surface area contributed by atoms with Crippen LogP contribution in [0.25, 0.3) is 0 Å². The van der Waals surface area contributed by atoms with Crippen LogP contribution in [0.5, 0.6) is 0 Å². The predicted octanol–water partition coefficient (Wildman–Crippen LogP) is 2.61. The summed E-state index contributed by atoms with van der Waals surface area (Å²) in [5.41, 5.74) is -0.523. The summed E-state index contributed by atoms with van der Waals surface area (Å²) < 4.78 is 5.23. The first-order valence-electron chi connectivity index (χ1n) is 6.35. The van der Waals surface area contributed by atoms with Gasteiger partial charge in [-0.15, -0.1) is 0 Å². The minimum absolute atomic E-state index is 0.143. The Balaban J connectivity index is 2.09. The molecule has 0 aliphatic carbocycles. The number of hydrogen-bond acceptors (Lipinski definition) is 5. The number of benzene rings is 1. The van der Waals surface area contributed by atoms with Crippen molar-refractivity contribution in [1.29, 1.82) is 0 Å². The minimum Gasteiger partial charge on any atom is -0.464 e. The molecule has 0 radical (unpaired) electrons. The minimum atomic E-state index is -1.05. The van der Waals surface area contributed by atoms with Crippen molar-refractivity contribution in [1.82, 2.24) is 5.32 Å². The summed E-state index contributed by atoms with van der Waals surface area (Å²) >= 11 is 5.76. The fourth-order valence-electron chi connectivity index (χ4n) is 1.87.